The lowest BCUT2D eigenvalue weighted by Crippen LogP contribution is -3.20. The van der Waals surface area contributed by atoms with E-state index in [0.717, 1.165) is 25.6 Å². The lowest BCUT2D eigenvalue weighted by Gasteiger charge is -2.57. The summed E-state index contributed by atoms with van der Waals surface area (Å²) in [6.07, 6.45) is 5.67. The van der Waals surface area contributed by atoms with E-state index in [1.165, 1.54) is 39.0 Å². The first-order valence-electron chi connectivity index (χ1n) is 10.8. The van der Waals surface area contributed by atoms with Gasteiger partial charge in [-0.3, -0.25) is 4.79 Å². The van der Waals surface area contributed by atoms with Gasteiger partial charge >= 0.3 is 0 Å². The molecular weight excluding hydrogens is 322 g/mol. The van der Waals surface area contributed by atoms with Crippen LogP contribution in [0.25, 0.3) is 0 Å². The van der Waals surface area contributed by atoms with Crippen LogP contribution >= 0.6 is 0 Å². The Bertz CT molecular complexity index is 540. The average Bonchev–Trinajstić information content (AvgIpc) is 2.57. The van der Waals surface area contributed by atoms with Crippen molar-refractivity contribution in [2.45, 2.75) is 53.9 Å². The Morgan fingerprint density at radius 3 is 2.58 bits per heavy atom. The summed E-state index contributed by atoms with van der Waals surface area (Å²) in [4.78, 5) is 16.9. The summed E-state index contributed by atoms with van der Waals surface area (Å²) in [6.45, 7) is 19.2. The van der Waals surface area contributed by atoms with Crippen LogP contribution in [-0.4, -0.2) is 56.6 Å². The minimum absolute atomic E-state index is 0.0596. The summed E-state index contributed by atoms with van der Waals surface area (Å²) in [5, 5.41) is 2.41. The van der Waals surface area contributed by atoms with Gasteiger partial charge in [0.05, 0.1) is 13.1 Å². The first kappa shape index (κ1) is 19.9. The molecule has 3 N–H and O–H groups in total. The van der Waals surface area contributed by atoms with Gasteiger partial charge < -0.3 is 15.1 Å². The lowest BCUT2D eigenvalue weighted by atomic mass is 9.49. The number of carbonyl (C=O) groups excluding carboxylic acids is 1. The van der Waals surface area contributed by atoms with Gasteiger partial charge in [-0.25, -0.2) is 0 Å². The molecule has 0 spiro atoms. The van der Waals surface area contributed by atoms with E-state index in [-0.39, 0.29) is 5.41 Å². The quantitative estimate of drug-likeness (QED) is 0.671. The largest absolute Gasteiger partial charge is 0.337 e. The second-order valence-corrected chi connectivity index (χ2v) is 10.7. The average molecular weight is 364 g/mol. The van der Waals surface area contributed by atoms with Crippen LogP contribution in [0.4, 0.5) is 0 Å². The maximum Gasteiger partial charge on any atom is 0.223 e. The maximum absolute atomic E-state index is 13.1. The molecule has 4 aliphatic rings. The Hall–Kier alpha value is -0.870. The van der Waals surface area contributed by atoms with E-state index in [2.05, 4.69) is 50.9 Å². The van der Waals surface area contributed by atoms with Gasteiger partial charge in [-0.05, 0) is 35.5 Å². The topological polar surface area (TPSA) is 41.4 Å². The zero-order valence-corrected chi connectivity index (χ0v) is 17.7. The monoisotopic (exact) mass is 363 g/mol. The highest BCUT2D eigenvalue weighted by atomic mass is 16.2. The highest BCUT2D eigenvalue weighted by Gasteiger charge is 2.51. The van der Waals surface area contributed by atoms with E-state index < -0.39 is 0 Å². The zero-order chi connectivity index (χ0) is 18.9. The second-order valence-electron chi connectivity index (χ2n) is 10.7. The van der Waals surface area contributed by atoms with E-state index in [1.807, 2.05) is 0 Å². The minimum Gasteiger partial charge on any atom is -0.337 e. The van der Waals surface area contributed by atoms with E-state index in [4.69, 9.17) is 0 Å². The first-order valence-corrected chi connectivity index (χ1v) is 10.8. The highest BCUT2D eigenvalue weighted by Crippen LogP contribution is 2.59. The predicted molar refractivity (Wildman–Crippen MR) is 106 cm³/mol. The molecule has 2 bridgehead atoms. The van der Waals surface area contributed by atoms with Gasteiger partial charge in [-0.15, -0.1) is 0 Å². The molecule has 0 aromatic carbocycles. The zero-order valence-electron chi connectivity index (χ0n) is 17.7. The molecule has 4 rings (SSSR count). The van der Waals surface area contributed by atoms with E-state index in [9.17, 15) is 4.79 Å². The van der Waals surface area contributed by atoms with Crippen molar-refractivity contribution in [3.8, 4) is 0 Å². The van der Waals surface area contributed by atoms with Gasteiger partial charge in [0, 0.05) is 13.0 Å². The van der Waals surface area contributed by atoms with Crippen molar-refractivity contribution in [1.82, 2.24) is 4.90 Å². The Labute approximate surface area is 160 Å². The van der Waals surface area contributed by atoms with E-state index in [1.54, 1.807) is 10.5 Å². The molecule has 1 aliphatic heterocycles. The Balaban J connectivity index is 1.64. The fourth-order valence-corrected chi connectivity index (χ4v) is 5.16. The third-order valence-corrected chi connectivity index (χ3v) is 7.13. The smallest absolute Gasteiger partial charge is 0.223 e. The molecule has 2 fully saturated rings. The number of amides is 1. The Kier molecular flexibility index (Phi) is 5.83. The van der Waals surface area contributed by atoms with Crippen LogP contribution in [0.1, 0.15) is 53.9 Å². The molecule has 148 valence electrons. The molecule has 26 heavy (non-hydrogen) atoms. The number of nitrogens with two attached hydrogens (primary N) is 1. The molecule has 1 heterocycles. The van der Waals surface area contributed by atoms with Crippen LogP contribution in [0.3, 0.4) is 0 Å². The van der Waals surface area contributed by atoms with Gasteiger partial charge in [-0.2, -0.15) is 0 Å². The van der Waals surface area contributed by atoms with Crippen molar-refractivity contribution >= 4 is 5.91 Å². The van der Waals surface area contributed by atoms with Crippen molar-refractivity contribution in [3.63, 3.8) is 0 Å². The molecule has 0 aromatic rings. The fraction of sp³-hybridized carbons (Fsp3) is 0.864. The maximum atomic E-state index is 13.1. The van der Waals surface area contributed by atoms with Crippen molar-refractivity contribution < 1.29 is 15.0 Å². The number of allylic oxidation sites excluding steroid dienone is 1. The summed E-state index contributed by atoms with van der Waals surface area (Å²) in [5.41, 5.74) is 2.04. The highest BCUT2D eigenvalue weighted by molar-refractivity contribution is 5.77. The standard InChI is InChI=1S/C22H39N3O/c1-21(2,3)15-20(26)25(13-12-24-10-8-23-9-11-24)16-17-6-7-18-14-19(17)22(18,4)5/h6,18-19,23H,7-16H2,1-5H3/p+2/t18-,19-/m0/s1. The number of hydrogen-bond donors (Lipinski definition) is 2. The molecule has 0 unspecified atom stereocenters. The molecule has 1 saturated carbocycles. The number of hydrogen-bond acceptors (Lipinski definition) is 1. The molecule has 1 amide bonds. The summed E-state index contributed by atoms with van der Waals surface area (Å²) in [6, 6.07) is 0. The fourth-order valence-electron chi connectivity index (χ4n) is 5.16. The first-order chi connectivity index (χ1) is 12.2. The molecule has 3 aliphatic carbocycles. The molecule has 0 aromatic heterocycles. The normalized spacial score (nSPS) is 28.3. The van der Waals surface area contributed by atoms with Gasteiger partial charge in [0.15, 0.2) is 0 Å². The second kappa shape index (κ2) is 7.63. The number of nitrogens with zero attached hydrogens (tertiary/aromatic N) is 1. The minimum atomic E-state index is 0.0596. The number of piperazine rings is 1. The number of carbonyl (C=O) groups is 1. The molecular formula is C22H41N3O+2. The van der Waals surface area contributed by atoms with Crippen LogP contribution in [0.5, 0.6) is 0 Å². The number of quaternary nitrogens is 2. The van der Waals surface area contributed by atoms with Crippen molar-refractivity contribution in [3.05, 3.63) is 11.6 Å². The number of fused-ring (bicyclic) bond motifs is 1. The van der Waals surface area contributed by atoms with Crippen LogP contribution in [-0.2, 0) is 4.79 Å². The predicted octanol–water partition coefficient (Wildman–Crippen LogP) is 0.706. The van der Waals surface area contributed by atoms with Crippen molar-refractivity contribution in [2.24, 2.45) is 22.7 Å². The summed E-state index contributed by atoms with van der Waals surface area (Å²) >= 11 is 0. The van der Waals surface area contributed by atoms with Crippen molar-refractivity contribution in [1.29, 1.82) is 0 Å². The summed E-state index contributed by atoms with van der Waals surface area (Å²) < 4.78 is 0. The van der Waals surface area contributed by atoms with Gasteiger partial charge in [0.25, 0.3) is 0 Å². The summed E-state index contributed by atoms with van der Waals surface area (Å²) in [5.74, 6) is 1.91. The molecule has 2 atom stereocenters. The molecule has 1 saturated heterocycles. The lowest BCUT2D eigenvalue weighted by molar-refractivity contribution is -0.946. The third kappa shape index (κ3) is 4.51. The Morgan fingerprint density at radius 2 is 2.00 bits per heavy atom. The number of nitrogens with one attached hydrogen (secondary N) is 1. The van der Waals surface area contributed by atoms with Crippen LogP contribution in [0, 0.1) is 22.7 Å². The van der Waals surface area contributed by atoms with E-state index in [0.29, 0.717) is 23.7 Å². The van der Waals surface area contributed by atoms with Gasteiger partial charge in [-0.1, -0.05) is 46.3 Å². The Morgan fingerprint density at radius 1 is 1.31 bits per heavy atom. The summed E-state index contributed by atoms with van der Waals surface area (Å²) in [7, 11) is 0. The van der Waals surface area contributed by atoms with Gasteiger partial charge in [0.1, 0.15) is 26.2 Å². The molecule has 0 radical (unpaired) electrons. The van der Waals surface area contributed by atoms with Gasteiger partial charge in [0.2, 0.25) is 5.91 Å². The SMILES string of the molecule is CC(C)(C)CC(=O)N(CC[NH+]1CC[NH2+]CC1)CC1=CC[C@H]2C[C@@H]1C2(C)C. The molecule has 4 heteroatoms. The van der Waals surface area contributed by atoms with Crippen LogP contribution < -0.4 is 10.2 Å². The van der Waals surface area contributed by atoms with Crippen LogP contribution in [0.15, 0.2) is 11.6 Å². The van der Waals surface area contributed by atoms with Crippen LogP contribution in [0.2, 0.25) is 0 Å². The molecule has 4 nitrogen and oxygen atoms in total. The third-order valence-electron chi connectivity index (χ3n) is 7.13. The van der Waals surface area contributed by atoms with Crippen molar-refractivity contribution in [2.75, 3.05) is 45.8 Å². The number of rotatable bonds is 6. The van der Waals surface area contributed by atoms with E-state index >= 15 is 0 Å².